The number of H-pyrrole nitrogens is 1. The molecule has 0 aliphatic rings. The molecule has 2 N–H and O–H groups in total. The van der Waals surface area contributed by atoms with Crippen molar-refractivity contribution in [3.63, 3.8) is 0 Å². The summed E-state index contributed by atoms with van der Waals surface area (Å²) >= 11 is 9.33. The summed E-state index contributed by atoms with van der Waals surface area (Å²) in [5.41, 5.74) is 2.48. The third-order valence-corrected chi connectivity index (χ3v) is 3.96. The molecule has 2 aromatic carbocycles. The molecule has 0 aliphatic carbocycles. The number of nitrogens with one attached hydrogen (secondary N) is 2. The number of rotatable bonds is 3. The minimum absolute atomic E-state index is 0.134. The second kappa shape index (κ2) is 5.92. The Bertz CT molecular complexity index is 796. The van der Waals surface area contributed by atoms with E-state index in [-0.39, 0.29) is 5.91 Å². The van der Waals surface area contributed by atoms with Gasteiger partial charge in [0.15, 0.2) is 0 Å². The standard InChI is InChI=1S/C16H12BrClN2O/c17-12-3-1-10(2-4-12)9-19-16(21)15-8-11-7-13(18)5-6-14(11)20-15/h1-8,20H,9H2,(H,19,21). The van der Waals surface area contributed by atoms with Gasteiger partial charge >= 0.3 is 0 Å². The zero-order chi connectivity index (χ0) is 14.8. The van der Waals surface area contributed by atoms with Crippen LogP contribution in [0.4, 0.5) is 0 Å². The second-order valence-corrected chi connectivity index (χ2v) is 6.08. The highest BCUT2D eigenvalue weighted by atomic mass is 79.9. The van der Waals surface area contributed by atoms with Gasteiger partial charge in [-0.05, 0) is 42.0 Å². The molecule has 1 amide bonds. The van der Waals surface area contributed by atoms with Gasteiger partial charge in [-0.2, -0.15) is 0 Å². The van der Waals surface area contributed by atoms with E-state index >= 15 is 0 Å². The largest absolute Gasteiger partial charge is 0.351 e. The Morgan fingerprint density at radius 2 is 1.90 bits per heavy atom. The van der Waals surface area contributed by atoms with Crippen LogP contribution >= 0.6 is 27.5 Å². The lowest BCUT2D eigenvalue weighted by molar-refractivity contribution is 0.0947. The van der Waals surface area contributed by atoms with Gasteiger partial charge in [-0.3, -0.25) is 4.79 Å². The maximum absolute atomic E-state index is 12.2. The van der Waals surface area contributed by atoms with Crippen LogP contribution in [0.1, 0.15) is 16.1 Å². The fourth-order valence-electron chi connectivity index (χ4n) is 2.11. The van der Waals surface area contributed by atoms with Crippen LogP contribution in [0.15, 0.2) is 53.0 Å². The molecule has 0 saturated heterocycles. The Kier molecular flexibility index (Phi) is 3.99. The van der Waals surface area contributed by atoms with Gasteiger partial charge in [-0.15, -0.1) is 0 Å². The number of benzene rings is 2. The van der Waals surface area contributed by atoms with E-state index in [4.69, 9.17) is 11.6 Å². The van der Waals surface area contributed by atoms with E-state index in [1.807, 2.05) is 36.4 Å². The number of carbonyl (C=O) groups excluding carboxylic acids is 1. The summed E-state index contributed by atoms with van der Waals surface area (Å²) in [6.07, 6.45) is 0. The van der Waals surface area contributed by atoms with Gasteiger partial charge in [0.2, 0.25) is 0 Å². The highest BCUT2D eigenvalue weighted by molar-refractivity contribution is 9.10. The zero-order valence-corrected chi connectivity index (χ0v) is 13.3. The van der Waals surface area contributed by atoms with Crippen molar-refractivity contribution in [2.45, 2.75) is 6.54 Å². The lowest BCUT2D eigenvalue weighted by Crippen LogP contribution is -2.22. The fourth-order valence-corrected chi connectivity index (χ4v) is 2.55. The molecule has 0 fully saturated rings. The van der Waals surface area contributed by atoms with Gasteiger partial charge in [0.1, 0.15) is 5.69 Å². The first-order valence-corrected chi connectivity index (χ1v) is 7.60. The first-order valence-electron chi connectivity index (χ1n) is 6.43. The molecule has 0 radical (unpaired) electrons. The third-order valence-electron chi connectivity index (χ3n) is 3.19. The van der Waals surface area contributed by atoms with E-state index in [9.17, 15) is 4.79 Å². The summed E-state index contributed by atoms with van der Waals surface area (Å²) in [6.45, 7) is 0.488. The Morgan fingerprint density at radius 1 is 1.14 bits per heavy atom. The van der Waals surface area contributed by atoms with Crippen molar-refractivity contribution in [3.05, 3.63) is 69.3 Å². The average molecular weight is 364 g/mol. The van der Waals surface area contributed by atoms with E-state index < -0.39 is 0 Å². The van der Waals surface area contributed by atoms with E-state index in [0.29, 0.717) is 17.3 Å². The molecule has 0 saturated carbocycles. The molecule has 0 unspecified atom stereocenters. The molecule has 106 valence electrons. The van der Waals surface area contributed by atoms with Crippen molar-refractivity contribution in [2.75, 3.05) is 0 Å². The third kappa shape index (κ3) is 3.28. The van der Waals surface area contributed by atoms with E-state index in [2.05, 4.69) is 26.2 Å². The Balaban J connectivity index is 1.73. The van der Waals surface area contributed by atoms with Crippen molar-refractivity contribution in [3.8, 4) is 0 Å². The predicted octanol–water partition coefficient (Wildman–Crippen LogP) is 4.51. The Morgan fingerprint density at radius 3 is 2.67 bits per heavy atom. The van der Waals surface area contributed by atoms with Crippen molar-refractivity contribution in [2.24, 2.45) is 0 Å². The molecule has 0 spiro atoms. The molecular weight excluding hydrogens is 352 g/mol. The second-order valence-electron chi connectivity index (χ2n) is 4.72. The number of amides is 1. The topological polar surface area (TPSA) is 44.9 Å². The van der Waals surface area contributed by atoms with Gasteiger partial charge in [-0.1, -0.05) is 39.7 Å². The molecule has 1 heterocycles. The summed E-state index contributed by atoms with van der Waals surface area (Å²) in [5, 5.41) is 4.47. The van der Waals surface area contributed by atoms with Crippen LogP contribution in [0.2, 0.25) is 5.02 Å². The zero-order valence-electron chi connectivity index (χ0n) is 11.0. The van der Waals surface area contributed by atoms with Crippen molar-refractivity contribution in [1.82, 2.24) is 10.3 Å². The highest BCUT2D eigenvalue weighted by Gasteiger charge is 2.09. The monoisotopic (exact) mass is 362 g/mol. The van der Waals surface area contributed by atoms with E-state index in [1.165, 1.54) is 0 Å². The van der Waals surface area contributed by atoms with Crippen molar-refractivity contribution >= 4 is 44.3 Å². The molecule has 1 aromatic heterocycles. The number of aromatic amines is 1. The minimum Gasteiger partial charge on any atom is -0.351 e. The molecule has 0 atom stereocenters. The van der Waals surface area contributed by atoms with Gasteiger partial charge in [0, 0.05) is 26.9 Å². The maximum atomic E-state index is 12.2. The van der Waals surface area contributed by atoms with Gasteiger partial charge in [0.05, 0.1) is 0 Å². The molecule has 5 heteroatoms. The number of carbonyl (C=O) groups is 1. The van der Waals surface area contributed by atoms with Crippen LogP contribution in [-0.2, 0) is 6.54 Å². The molecule has 3 rings (SSSR count). The SMILES string of the molecule is O=C(NCc1ccc(Br)cc1)c1cc2cc(Cl)ccc2[nH]1. The van der Waals surface area contributed by atoms with Gasteiger partial charge in [-0.25, -0.2) is 0 Å². The Hall–Kier alpha value is -1.78. The number of hydrogen-bond donors (Lipinski definition) is 2. The number of halogens is 2. The molecule has 0 bridgehead atoms. The smallest absolute Gasteiger partial charge is 0.267 e. The lowest BCUT2D eigenvalue weighted by atomic mass is 10.2. The summed E-state index contributed by atoms with van der Waals surface area (Å²) in [6, 6.07) is 15.1. The molecule has 3 aromatic rings. The van der Waals surface area contributed by atoms with Crippen LogP contribution in [0.5, 0.6) is 0 Å². The molecule has 3 nitrogen and oxygen atoms in total. The summed E-state index contributed by atoms with van der Waals surface area (Å²) in [4.78, 5) is 15.2. The number of hydrogen-bond acceptors (Lipinski definition) is 1. The van der Waals surface area contributed by atoms with E-state index in [1.54, 1.807) is 12.1 Å². The summed E-state index contributed by atoms with van der Waals surface area (Å²) in [5.74, 6) is -0.134. The molecule has 0 aliphatic heterocycles. The number of fused-ring (bicyclic) bond motifs is 1. The van der Waals surface area contributed by atoms with Crippen LogP contribution < -0.4 is 5.32 Å². The first kappa shape index (κ1) is 14.2. The van der Waals surface area contributed by atoms with Crippen molar-refractivity contribution in [1.29, 1.82) is 0 Å². The normalized spacial score (nSPS) is 10.8. The summed E-state index contributed by atoms with van der Waals surface area (Å²) in [7, 11) is 0. The first-order chi connectivity index (χ1) is 10.1. The fraction of sp³-hybridized carbons (Fsp3) is 0.0625. The quantitative estimate of drug-likeness (QED) is 0.706. The van der Waals surface area contributed by atoms with Crippen LogP contribution in [0.3, 0.4) is 0 Å². The minimum atomic E-state index is -0.134. The lowest BCUT2D eigenvalue weighted by Gasteiger charge is -2.04. The van der Waals surface area contributed by atoms with Gasteiger partial charge in [0.25, 0.3) is 5.91 Å². The average Bonchev–Trinajstić information content (AvgIpc) is 2.89. The summed E-state index contributed by atoms with van der Waals surface area (Å²) < 4.78 is 1.02. The molecular formula is C16H12BrClN2O. The van der Waals surface area contributed by atoms with E-state index in [0.717, 1.165) is 20.9 Å². The van der Waals surface area contributed by atoms with Crippen molar-refractivity contribution < 1.29 is 4.79 Å². The Labute approximate surface area is 135 Å². The van der Waals surface area contributed by atoms with Crippen LogP contribution in [-0.4, -0.2) is 10.9 Å². The van der Waals surface area contributed by atoms with Crippen LogP contribution in [0, 0.1) is 0 Å². The molecule has 21 heavy (non-hydrogen) atoms. The van der Waals surface area contributed by atoms with Gasteiger partial charge < -0.3 is 10.3 Å². The highest BCUT2D eigenvalue weighted by Crippen LogP contribution is 2.20. The van der Waals surface area contributed by atoms with Crippen LogP contribution in [0.25, 0.3) is 10.9 Å². The number of aromatic nitrogens is 1. The predicted molar refractivity (Wildman–Crippen MR) is 88.6 cm³/mol. The maximum Gasteiger partial charge on any atom is 0.267 e.